The molecule has 20 heavy (non-hydrogen) atoms. The average molecular weight is 296 g/mol. The molecule has 1 fully saturated rings. The molecular formula is C15H24N2O2S. The maximum Gasteiger partial charge on any atom is 0.327 e. The average Bonchev–Trinajstić information content (AvgIpc) is 3.07. The number of nitrogens with one attached hydrogen (secondary N) is 1. The van der Waals surface area contributed by atoms with Crippen molar-refractivity contribution in [2.75, 3.05) is 19.7 Å². The van der Waals surface area contributed by atoms with Crippen LogP contribution in [-0.4, -0.2) is 42.1 Å². The molecule has 1 aliphatic heterocycles. The topological polar surface area (TPSA) is 41.6 Å². The number of thiophene rings is 1. The third-order valence-electron chi connectivity index (χ3n) is 3.88. The van der Waals surface area contributed by atoms with E-state index in [1.807, 2.05) is 13.0 Å². The maximum atomic E-state index is 12.4. The van der Waals surface area contributed by atoms with Gasteiger partial charge in [-0.25, -0.2) is 4.79 Å². The van der Waals surface area contributed by atoms with Crippen molar-refractivity contribution in [1.82, 2.24) is 10.2 Å². The monoisotopic (exact) mass is 296 g/mol. The highest BCUT2D eigenvalue weighted by atomic mass is 32.1. The van der Waals surface area contributed by atoms with Gasteiger partial charge in [0.15, 0.2) is 0 Å². The fraction of sp³-hybridized carbons (Fsp3) is 0.667. The summed E-state index contributed by atoms with van der Waals surface area (Å²) in [7, 11) is 0. The third-order valence-corrected chi connectivity index (χ3v) is 4.75. The first-order valence-electron chi connectivity index (χ1n) is 7.26. The van der Waals surface area contributed by atoms with Crippen molar-refractivity contribution >= 4 is 17.3 Å². The molecule has 0 aliphatic carbocycles. The second-order valence-corrected chi connectivity index (χ2v) is 6.58. The molecule has 2 rings (SSSR count). The van der Waals surface area contributed by atoms with E-state index in [9.17, 15) is 4.79 Å². The lowest BCUT2D eigenvalue weighted by molar-refractivity contribution is -0.150. The Bertz CT molecular complexity index is 433. The summed E-state index contributed by atoms with van der Waals surface area (Å²) >= 11 is 1.71. The lowest BCUT2D eigenvalue weighted by Gasteiger charge is -2.29. The van der Waals surface area contributed by atoms with Crippen molar-refractivity contribution in [3.05, 3.63) is 22.4 Å². The lowest BCUT2D eigenvalue weighted by atomic mass is 9.98. The Kier molecular flexibility index (Phi) is 5.18. The summed E-state index contributed by atoms with van der Waals surface area (Å²) in [6, 6.07) is 4.58. The Balaban J connectivity index is 2.06. The van der Waals surface area contributed by atoms with Crippen LogP contribution in [0.3, 0.4) is 0 Å². The van der Waals surface area contributed by atoms with Gasteiger partial charge in [0, 0.05) is 30.6 Å². The fourth-order valence-corrected chi connectivity index (χ4v) is 3.25. The van der Waals surface area contributed by atoms with Crippen molar-refractivity contribution in [2.24, 2.45) is 0 Å². The molecule has 1 N–H and O–H groups in total. The second-order valence-electron chi connectivity index (χ2n) is 5.55. The Morgan fingerprint density at radius 2 is 2.40 bits per heavy atom. The number of carbonyl (C=O) groups is 1. The largest absolute Gasteiger partial charge is 0.465 e. The summed E-state index contributed by atoms with van der Waals surface area (Å²) in [6.45, 7) is 9.02. The molecule has 1 aliphatic rings. The third kappa shape index (κ3) is 3.40. The molecule has 1 unspecified atom stereocenters. The number of nitrogens with zero attached hydrogens (tertiary/aromatic N) is 1. The number of hydrogen-bond acceptors (Lipinski definition) is 5. The highest BCUT2D eigenvalue weighted by Crippen LogP contribution is 2.25. The summed E-state index contributed by atoms with van der Waals surface area (Å²) in [4.78, 5) is 16.0. The van der Waals surface area contributed by atoms with Crippen molar-refractivity contribution in [2.45, 2.75) is 45.3 Å². The minimum atomic E-state index is -0.551. The number of rotatable bonds is 6. The van der Waals surface area contributed by atoms with E-state index in [0.717, 1.165) is 26.1 Å². The zero-order valence-corrected chi connectivity index (χ0v) is 13.3. The number of carbonyl (C=O) groups excluding carboxylic acids is 1. The minimum Gasteiger partial charge on any atom is -0.465 e. The first kappa shape index (κ1) is 15.5. The predicted molar refractivity (Wildman–Crippen MR) is 81.8 cm³/mol. The number of hydrogen-bond donors (Lipinski definition) is 1. The van der Waals surface area contributed by atoms with Crippen molar-refractivity contribution in [3.8, 4) is 0 Å². The number of ether oxygens (including phenoxy) is 1. The van der Waals surface area contributed by atoms with Gasteiger partial charge in [-0.2, -0.15) is 0 Å². The molecule has 0 radical (unpaired) electrons. The van der Waals surface area contributed by atoms with E-state index in [1.165, 1.54) is 4.88 Å². The van der Waals surface area contributed by atoms with Crippen LogP contribution in [0.5, 0.6) is 0 Å². The molecule has 0 aromatic carbocycles. The molecule has 1 atom stereocenters. The van der Waals surface area contributed by atoms with E-state index in [1.54, 1.807) is 11.3 Å². The van der Waals surface area contributed by atoms with Crippen molar-refractivity contribution < 1.29 is 9.53 Å². The van der Waals surface area contributed by atoms with Crippen molar-refractivity contribution in [3.63, 3.8) is 0 Å². The molecular weight excluding hydrogens is 272 g/mol. The molecule has 0 saturated carbocycles. The molecule has 1 aromatic rings. The van der Waals surface area contributed by atoms with Crippen LogP contribution >= 0.6 is 11.3 Å². The molecule has 1 aromatic heterocycles. The summed E-state index contributed by atoms with van der Waals surface area (Å²) < 4.78 is 5.30. The van der Waals surface area contributed by atoms with Gasteiger partial charge in [0.2, 0.25) is 0 Å². The quantitative estimate of drug-likeness (QED) is 0.818. The van der Waals surface area contributed by atoms with E-state index in [2.05, 4.69) is 35.5 Å². The van der Waals surface area contributed by atoms with Gasteiger partial charge in [-0.05, 0) is 38.6 Å². The van der Waals surface area contributed by atoms with Crippen LogP contribution in [0.25, 0.3) is 0 Å². The van der Waals surface area contributed by atoms with Gasteiger partial charge < -0.3 is 4.74 Å². The van der Waals surface area contributed by atoms with Crippen LogP contribution in [0.1, 0.15) is 32.1 Å². The summed E-state index contributed by atoms with van der Waals surface area (Å²) in [5, 5.41) is 5.52. The summed E-state index contributed by atoms with van der Waals surface area (Å²) in [5.41, 5.74) is -0.551. The molecule has 2 heterocycles. The predicted octanol–water partition coefficient (Wildman–Crippen LogP) is 2.25. The molecule has 4 nitrogen and oxygen atoms in total. The van der Waals surface area contributed by atoms with Crippen LogP contribution in [0.15, 0.2) is 17.5 Å². The SMILES string of the molecule is CCOC(=O)C1(NCc2cccs2)CCN(C(C)C)C1. The first-order chi connectivity index (χ1) is 9.57. The van der Waals surface area contributed by atoms with Crippen LogP contribution in [-0.2, 0) is 16.1 Å². The lowest BCUT2D eigenvalue weighted by Crippen LogP contribution is -2.54. The molecule has 0 spiro atoms. The number of likely N-dealkylation sites (tertiary alicyclic amines) is 1. The molecule has 0 amide bonds. The van der Waals surface area contributed by atoms with Gasteiger partial charge >= 0.3 is 5.97 Å². The van der Waals surface area contributed by atoms with Gasteiger partial charge in [-0.1, -0.05) is 6.07 Å². The Morgan fingerprint density at radius 3 is 2.95 bits per heavy atom. The van der Waals surface area contributed by atoms with Gasteiger partial charge in [-0.15, -0.1) is 11.3 Å². The molecule has 112 valence electrons. The van der Waals surface area contributed by atoms with E-state index in [-0.39, 0.29) is 5.97 Å². The molecule has 5 heteroatoms. The standard InChI is InChI=1S/C15H24N2O2S/c1-4-19-14(18)15(7-8-17(11-15)12(2)3)16-10-13-6-5-9-20-13/h5-6,9,12,16H,4,7-8,10-11H2,1-3H3. The minimum absolute atomic E-state index is 0.111. The van der Waals surface area contributed by atoms with Gasteiger partial charge in [-0.3, -0.25) is 10.2 Å². The number of esters is 1. The Hall–Kier alpha value is -0.910. The van der Waals surface area contributed by atoms with Crippen molar-refractivity contribution in [1.29, 1.82) is 0 Å². The zero-order chi connectivity index (χ0) is 14.6. The summed E-state index contributed by atoms with van der Waals surface area (Å²) in [5.74, 6) is -0.111. The summed E-state index contributed by atoms with van der Waals surface area (Å²) in [6.07, 6.45) is 0.815. The smallest absolute Gasteiger partial charge is 0.327 e. The molecule has 0 bridgehead atoms. The van der Waals surface area contributed by atoms with Crippen LogP contribution < -0.4 is 5.32 Å². The first-order valence-corrected chi connectivity index (χ1v) is 8.14. The van der Waals surface area contributed by atoms with Crippen LogP contribution in [0, 0.1) is 0 Å². The Morgan fingerprint density at radius 1 is 1.60 bits per heavy atom. The van der Waals surface area contributed by atoms with E-state index in [4.69, 9.17) is 4.74 Å². The van der Waals surface area contributed by atoms with E-state index in [0.29, 0.717) is 12.6 Å². The highest BCUT2D eigenvalue weighted by molar-refractivity contribution is 7.09. The van der Waals surface area contributed by atoms with E-state index >= 15 is 0 Å². The van der Waals surface area contributed by atoms with Crippen LogP contribution in [0.4, 0.5) is 0 Å². The second kappa shape index (κ2) is 6.70. The van der Waals surface area contributed by atoms with Gasteiger partial charge in [0.05, 0.1) is 6.61 Å². The van der Waals surface area contributed by atoms with E-state index < -0.39 is 5.54 Å². The Labute approximate surface area is 125 Å². The normalized spacial score (nSPS) is 23.4. The highest BCUT2D eigenvalue weighted by Gasteiger charge is 2.46. The van der Waals surface area contributed by atoms with Gasteiger partial charge in [0.1, 0.15) is 5.54 Å². The van der Waals surface area contributed by atoms with Gasteiger partial charge in [0.25, 0.3) is 0 Å². The molecule has 1 saturated heterocycles. The zero-order valence-electron chi connectivity index (χ0n) is 12.5. The maximum absolute atomic E-state index is 12.4. The fourth-order valence-electron chi connectivity index (χ4n) is 2.60. The van der Waals surface area contributed by atoms with Crippen LogP contribution in [0.2, 0.25) is 0 Å².